The van der Waals surface area contributed by atoms with E-state index in [-0.39, 0.29) is 17.8 Å². The molecule has 0 N–H and O–H groups in total. The van der Waals surface area contributed by atoms with Crippen LogP contribution in [0.1, 0.15) is 61.1 Å². The summed E-state index contributed by atoms with van der Waals surface area (Å²) in [6.07, 6.45) is 2.90. The van der Waals surface area contributed by atoms with Crippen LogP contribution in [0.5, 0.6) is 0 Å². The van der Waals surface area contributed by atoms with Gasteiger partial charge in [0.15, 0.2) is 5.54 Å². The van der Waals surface area contributed by atoms with Crippen molar-refractivity contribution in [2.75, 3.05) is 6.61 Å². The summed E-state index contributed by atoms with van der Waals surface area (Å²) in [6, 6.07) is 39.5. The Labute approximate surface area is 284 Å². The molecule has 2 aromatic heterocycles. The molecular formula is C41H36FN3O2S. The van der Waals surface area contributed by atoms with Crippen LogP contribution in [0.3, 0.4) is 0 Å². The van der Waals surface area contributed by atoms with Gasteiger partial charge in [-0.3, -0.25) is 4.99 Å². The smallest absolute Gasteiger partial charge is 0.333 e. The second-order valence-electron chi connectivity index (χ2n) is 12.5. The summed E-state index contributed by atoms with van der Waals surface area (Å²) in [6.45, 7) is 3.83. The quantitative estimate of drug-likeness (QED) is 0.103. The highest BCUT2D eigenvalue weighted by atomic mass is 32.1. The first kappa shape index (κ1) is 31.6. The predicted molar refractivity (Wildman–Crippen MR) is 191 cm³/mol. The molecule has 7 heteroatoms. The van der Waals surface area contributed by atoms with Crippen molar-refractivity contribution in [2.45, 2.75) is 50.5 Å². The Bertz CT molecular complexity index is 2050. The van der Waals surface area contributed by atoms with Crippen LogP contribution < -0.4 is 0 Å². The molecule has 0 radical (unpaired) electrons. The van der Waals surface area contributed by atoms with Crippen LogP contribution in [0.25, 0.3) is 20.9 Å². The topological polar surface area (TPSA) is 64.4 Å². The van der Waals surface area contributed by atoms with Gasteiger partial charge in [0.05, 0.1) is 18.0 Å². The van der Waals surface area contributed by atoms with E-state index in [4.69, 9.17) is 19.7 Å². The standard InChI is InChI=1S/C41H36FN3O2S/c1-3-47-39(46)40(2,45-36(29-13-7-4-8-14-29)30-15-9-5-10-16-30)24-23-28-19-20-32(33(42)27-28)37-43-34-21-22-35(44-38(34)48-37)41(25-26-41)31-17-11-6-12-18-31/h4-22,27H,3,23-26H2,1-2H3. The molecule has 48 heavy (non-hydrogen) atoms. The summed E-state index contributed by atoms with van der Waals surface area (Å²) in [5.41, 5.74) is 5.57. The van der Waals surface area contributed by atoms with Gasteiger partial charge in [-0.05, 0) is 74.9 Å². The van der Waals surface area contributed by atoms with Gasteiger partial charge < -0.3 is 4.74 Å². The number of rotatable bonds is 11. The molecule has 1 unspecified atom stereocenters. The molecule has 7 rings (SSSR count). The number of fused-ring (bicyclic) bond motifs is 1. The van der Waals surface area contributed by atoms with Gasteiger partial charge >= 0.3 is 5.97 Å². The van der Waals surface area contributed by atoms with Crippen molar-refractivity contribution in [1.82, 2.24) is 9.97 Å². The number of pyridine rings is 1. The van der Waals surface area contributed by atoms with Crippen molar-refractivity contribution in [1.29, 1.82) is 0 Å². The van der Waals surface area contributed by atoms with E-state index in [0.29, 0.717) is 29.1 Å². The molecule has 2 heterocycles. The highest BCUT2D eigenvalue weighted by Gasteiger charge is 2.47. The zero-order chi connectivity index (χ0) is 33.1. The highest BCUT2D eigenvalue weighted by Crippen LogP contribution is 2.53. The number of thiazole rings is 1. The first-order valence-corrected chi connectivity index (χ1v) is 17.2. The summed E-state index contributed by atoms with van der Waals surface area (Å²) < 4.78 is 21.3. The summed E-state index contributed by atoms with van der Waals surface area (Å²) in [7, 11) is 0. The van der Waals surface area contributed by atoms with E-state index in [1.54, 1.807) is 26.0 Å². The number of aryl methyl sites for hydroxylation is 1. The summed E-state index contributed by atoms with van der Waals surface area (Å²) >= 11 is 1.41. The minimum Gasteiger partial charge on any atom is -0.464 e. The van der Waals surface area contributed by atoms with E-state index in [2.05, 4.69) is 30.3 Å². The van der Waals surface area contributed by atoms with Crippen molar-refractivity contribution in [3.05, 3.63) is 155 Å². The molecule has 5 nitrogen and oxygen atoms in total. The number of aliphatic imine (C=N–C) groups is 1. The Morgan fingerprint density at radius 3 is 2.12 bits per heavy atom. The van der Waals surface area contributed by atoms with Gasteiger partial charge in [-0.1, -0.05) is 108 Å². The third-order valence-corrected chi connectivity index (χ3v) is 10.2. The zero-order valence-corrected chi connectivity index (χ0v) is 27.8. The molecular weight excluding hydrogens is 618 g/mol. The molecule has 4 aromatic carbocycles. The Hall–Kier alpha value is -5.01. The fourth-order valence-electron chi connectivity index (χ4n) is 6.27. The number of esters is 1. The van der Waals surface area contributed by atoms with Crippen LogP contribution in [-0.2, 0) is 21.4 Å². The number of aromatic nitrogens is 2. The van der Waals surface area contributed by atoms with Gasteiger partial charge in [0.25, 0.3) is 0 Å². The van der Waals surface area contributed by atoms with Crippen molar-refractivity contribution in [3.63, 3.8) is 0 Å². The van der Waals surface area contributed by atoms with E-state index in [1.165, 1.54) is 16.9 Å². The maximum atomic E-state index is 15.7. The molecule has 1 aliphatic rings. The number of ether oxygens (including phenoxy) is 1. The number of carbonyl (C=O) groups is 1. The van der Waals surface area contributed by atoms with Gasteiger partial charge in [0.1, 0.15) is 21.2 Å². The first-order chi connectivity index (χ1) is 23.4. The number of carbonyl (C=O) groups excluding carboxylic acids is 1. The van der Waals surface area contributed by atoms with Crippen LogP contribution in [0.2, 0.25) is 0 Å². The molecule has 0 amide bonds. The molecule has 0 bridgehead atoms. The van der Waals surface area contributed by atoms with E-state index in [1.807, 2.05) is 78.9 Å². The fourth-order valence-corrected chi connectivity index (χ4v) is 7.24. The molecule has 0 saturated heterocycles. The fraction of sp³-hybridized carbons (Fsp3) is 0.220. The van der Waals surface area contributed by atoms with Gasteiger partial charge in [-0.25, -0.2) is 19.2 Å². The number of benzene rings is 4. The normalized spacial score (nSPS) is 14.6. The van der Waals surface area contributed by atoms with Gasteiger partial charge in [-0.15, -0.1) is 0 Å². The van der Waals surface area contributed by atoms with Crippen molar-refractivity contribution in [3.8, 4) is 10.6 Å². The Morgan fingerprint density at radius 2 is 1.52 bits per heavy atom. The van der Waals surface area contributed by atoms with Crippen molar-refractivity contribution in [2.24, 2.45) is 4.99 Å². The lowest BCUT2D eigenvalue weighted by Gasteiger charge is -2.25. The number of halogens is 1. The summed E-state index contributed by atoms with van der Waals surface area (Å²) in [4.78, 5) is 29.1. The average molecular weight is 654 g/mol. The molecule has 240 valence electrons. The third-order valence-electron chi connectivity index (χ3n) is 9.15. The van der Waals surface area contributed by atoms with E-state index in [0.717, 1.165) is 45.6 Å². The van der Waals surface area contributed by atoms with Crippen LogP contribution >= 0.6 is 11.3 Å². The van der Waals surface area contributed by atoms with Crippen LogP contribution in [-0.4, -0.2) is 33.8 Å². The van der Waals surface area contributed by atoms with Crippen molar-refractivity contribution >= 4 is 33.4 Å². The highest BCUT2D eigenvalue weighted by molar-refractivity contribution is 7.21. The van der Waals surface area contributed by atoms with E-state index < -0.39 is 11.5 Å². The zero-order valence-electron chi connectivity index (χ0n) is 27.0. The second kappa shape index (κ2) is 13.2. The van der Waals surface area contributed by atoms with Crippen LogP contribution in [0.15, 0.2) is 126 Å². The second-order valence-corrected chi connectivity index (χ2v) is 13.5. The minimum absolute atomic E-state index is 0.0441. The summed E-state index contributed by atoms with van der Waals surface area (Å²) in [5, 5.41) is 0.597. The molecule has 0 spiro atoms. The maximum absolute atomic E-state index is 15.7. The van der Waals surface area contributed by atoms with Gasteiger partial charge in [-0.2, -0.15) is 0 Å². The molecule has 1 aliphatic carbocycles. The predicted octanol–water partition coefficient (Wildman–Crippen LogP) is 9.37. The molecule has 1 atom stereocenters. The molecule has 6 aromatic rings. The lowest BCUT2D eigenvalue weighted by molar-refractivity contribution is -0.149. The lowest BCUT2D eigenvalue weighted by atomic mass is 9.92. The Balaban J connectivity index is 1.15. The van der Waals surface area contributed by atoms with E-state index >= 15 is 4.39 Å². The summed E-state index contributed by atoms with van der Waals surface area (Å²) in [5.74, 6) is -0.765. The molecule has 0 aliphatic heterocycles. The Morgan fingerprint density at radius 1 is 0.875 bits per heavy atom. The molecule has 1 saturated carbocycles. The van der Waals surface area contributed by atoms with Crippen LogP contribution in [0, 0.1) is 5.82 Å². The van der Waals surface area contributed by atoms with Gasteiger partial charge in [0.2, 0.25) is 0 Å². The largest absolute Gasteiger partial charge is 0.464 e. The minimum atomic E-state index is -1.19. The SMILES string of the molecule is CCOC(=O)C(C)(CCc1ccc(-c2nc3ccc(C4(c5ccccc5)CC4)nc3s2)c(F)c1)N=C(c1ccccc1)c1ccccc1. The molecule has 1 fully saturated rings. The first-order valence-electron chi connectivity index (χ1n) is 16.4. The van der Waals surface area contributed by atoms with Crippen molar-refractivity contribution < 1.29 is 13.9 Å². The average Bonchev–Trinajstić information content (AvgIpc) is 3.83. The number of hydrogen-bond acceptors (Lipinski definition) is 6. The monoisotopic (exact) mass is 653 g/mol. The van der Waals surface area contributed by atoms with E-state index in [9.17, 15) is 4.79 Å². The third kappa shape index (κ3) is 6.30. The van der Waals surface area contributed by atoms with Gasteiger partial charge in [0, 0.05) is 22.1 Å². The maximum Gasteiger partial charge on any atom is 0.333 e. The Kier molecular flexibility index (Phi) is 8.71. The lowest BCUT2D eigenvalue weighted by Crippen LogP contribution is -2.37. The van der Waals surface area contributed by atoms with Crippen LogP contribution in [0.4, 0.5) is 4.39 Å². The number of nitrogens with zero attached hydrogens (tertiary/aromatic N) is 3. The number of hydrogen-bond donors (Lipinski definition) is 0.